The number of hydrogen-bond acceptors (Lipinski definition) is 3. The molecule has 0 aliphatic carbocycles. The molecule has 0 fully saturated rings. The molecule has 1 aromatic heterocycles. The van der Waals surface area contributed by atoms with E-state index in [0.717, 1.165) is 32.1 Å². The molecule has 0 unspecified atom stereocenters. The highest BCUT2D eigenvalue weighted by Gasteiger charge is 2.33. The lowest BCUT2D eigenvalue weighted by atomic mass is 9.98. The van der Waals surface area contributed by atoms with Crippen LogP contribution in [0.4, 0.5) is 0 Å². The Morgan fingerprint density at radius 1 is 1.03 bits per heavy atom. The van der Waals surface area contributed by atoms with Crippen molar-refractivity contribution in [3.63, 3.8) is 0 Å². The van der Waals surface area contributed by atoms with Gasteiger partial charge >= 0.3 is 0 Å². The minimum atomic E-state index is -0.183. The molecule has 0 saturated heterocycles. The van der Waals surface area contributed by atoms with E-state index >= 15 is 0 Å². The highest BCUT2D eigenvalue weighted by Crippen LogP contribution is 2.44. The van der Waals surface area contributed by atoms with Crippen LogP contribution in [0.25, 0.3) is 28.1 Å². The van der Waals surface area contributed by atoms with Gasteiger partial charge in [0.25, 0.3) is 0 Å². The van der Waals surface area contributed by atoms with E-state index in [0.29, 0.717) is 17.1 Å². The predicted molar refractivity (Wildman–Crippen MR) is 122 cm³/mol. The van der Waals surface area contributed by atoms with Gasteiger partial charge in [0.2, 0.25) is 5.78 Å². The summed E-state index contributed by atoms with van der Waals surface area (Å²) in [5.41, 5.74) is 4.70. The number of ether oxygens (including phenoxy) is 2. The van der Waals surface area contributed by atoms with Crippen LogP contribution in [-0.2, 0) is 7.05 Å². The Hall–Kier alpha value is -3.31. The molecule has 0 amide bonds. The van der Waals surface area contributed by atoms with Crippen molar-refractivity contribution in [2.75, 3.05) is 7.11 Å². The van der Waals surface area contributed by atoms with E-state index in [1.165, 1.54) is 0 Å². The highest BCUT2D eigenvalue weighted by atomic mass is 79.9. The van der Waals surface area contributed by atoms with E-state index in [4.69, 9.17) is 9.47 Å². The lowest BCUT2D eigenvalue weighted by Crippen LogP contribution is -2.00. The smallest absolute Gasteiger partial charge is 0.235 e. The van der Waals surface area contributed by atoms with Crippen molar-refractivity contribution in [1.82, 2.24) is 4.57 Å². The predicted octanol–water partition coefficient (Wildman–Crippen LogP) is 6.23. The first kappa shape index (κ1) is 18.7. The number of Topliss-reactive ketones (excluding diaryl/α,β-unsaturated/α-hetero) is 1. The summed E-state index contributed by atoms with van der Waals surface area (Å²) in [6, 6.07) is 20.1. The molecule has 4 aromatic rings. The summed E-state index contributed by atoms with van der Waals surface area (Å²) in [7, 11) is 3.56. The van der Waals surface area contributed by atoms with Crippen molar-refractivity contribution in [3.05, 3.63) is 88.2 Å². The molecular formula is C25H18BrNO3. The molecule has 0 saturated carbocycles. The molecule has 0 radical (unpaired) electrons. The summed E-state index contributed by atoms with van der Waals surface area (Å²) >= 11 is 3.47. The van der Waals surface area contributed by atoms with Gasteiger partial charge < -0.3 is 14.0 Å². The average molecular weight is 460 g/mol. The Morgan fingerprint density at radius 2 is 1.83 bits per heavy atom. The SMILES string of the molecule is COc1ccc(Br)c2c1C(=O)C(=Cc1cn(C)c3cccc(-c4ccccc4)c13)O2. The van der Waals surface area contributed by atoms with E-state index in [9.17, 15) is 4.79 Å². The van der Waals surface area contributed by atoms with Gasteiger partial charge in [0.15, 0.2) is 11.5 Å². The Balaban J connectivity index is 1.69. The molecule has 4 nitrogen and oxygen atoms in total. The molecular weight excluding hydrogens is 442 g/mol. The number of carbonyl (C=O) groups is 1. The number of aryl methyl sites for hydroxylation is 1. The van der Waals surface area contributed by atoms with Crippen LogP contribution in [-0.4, -0.2) is 17.5 Å². The van der Waals surface area contributed by atoms with Crippen LogP contribution in [0.5, 0.6) is 11.5 Å². The van der Waals surface area contributed by atoms with E-state index < -0.39 is 0 Å². The molecule has 2 heterocycles. The van der Waals surface area contributed by atoms with Gasteiger partial charge in [-0.15, -0.1) is 0 Å². The topological polar surface area (TPSA) is 40.5 Å². The minimum absolute atomic E-state index is 0.183. The number of halogens is 1. The number of nitrogens with zero attached hydrogens (tertiary/aromatic N) is 1. The van der Waals surface area contributed by atoms with E-state index in [1.54, 1.807) is 13.2 Å². The Kier molecular flexibility index (Phi) is 4.48. The van der Waals surface area contributed by atoms with Gasteiger partial charge in [-0.05, 0) is 51.3 Å². The first-order chi connectivity index (χ1) is 14.6. The van der Waals surface area contributed by atoms with Crippen molar-refractivity contribution in [2.24, 2.45) is 7.05 Å². The lowest BCUT2D eigenvalue weighted by Gasteiger charge is -2.06. The maximum atomic E-state index is 13.1. The zero-order valence-electron chi connectivity index (χ0n) is 16.5. The zero-order valence-corrected chi connectivity index (χ0v) is 18.1. The summed E-state index contributed by atoms with van der Waals surface area (Å²) < 4.78 is 14.1. The summed E-state index contributed by atoms with van der Waals surface area (Å²) in [4.78, 5) is 13.1. The number of aromatic nitrogens is 1. The number of benzene rings is 3. The third-order valence-electron chi connectivity index (χ3n) is 5.37. The van der Waals surface area contributed by atoms with Crippen molar-refractivity contribution in [3.8, 4) is 22.6 Å². The van der Waals surface area contributed by atoms with Crippen LogP contribution in [0, 0.1) is 0 Å². The van der Waals surface area contributed by atoms with Gasteiger partial charge in [-0.2, -0.15) is 0 Å². The maximum Gasteiger partial charge on any atom is 0.235 e. The van der Waals surface area contributed by atoms with E-state index in [-0.39, 0.29) is 11.5 Å². The molecule has 0 N–H and O–H groups in total. The Bertz CT molecular complexity index is 1340. The first-order valence-corrected chi connectivity index (χ1v) is 10.3. The second kappa shape index (κ2) is 7.18. The third-order valence-corrected chi connectivity index (χ3v) is 5.99. The normalized spacial score (nSPS) is 14.2. The monoisotopic (exact) mass is 459 g/mol. The number of hydrogen-bond donors (Lipinski definition) is 0. The summed E-state index contributed by atoms with van der Waals surface area (Å²) in [6.07, 6.45) is 3.85. The van der Waals surface area contributed by atoms with Gasteiger partial charge in [0, 0.05) is 29.7 Å². The molecule has 0 spiro atoms. The molecule has 30 heavy (non-hydrogen) atoms. The molecule has 3 aromatic carbocycles. The molecule has 1 aliphatic rings. The van der Waals surface area contributed by atoms with E-state index in [2.05, 4.69) is 50.8 Å². The van der Waals surface area contributed by atoms with Crippen LogP contribution in [0.3, 0.4) is 0 Å². The zero-order chi connectivity index (χ0) is 20.8. The van der Waals surface area contributed by atoms with Crippen molar-refractivity contribution >= 4 is 38.7 Å². The largest absolute Gasteiger partial charge is 0.496 e. The summed E-state index contributed by atoms with van der Waals surface area (Å²) in [6.45, 7) is 0. The Morgan fingerprint density at radius 3 is 2.60 bits per heavy atom. The first-order valence-electron chi connectivity index (χ1n) is 9.52. The minimum Gasteiger partial charge on any atom is -0.496 e. The second-order valence-electron chi connectivity index (χ2n) is 7.15. The molecule has 5 heteroatoms. The van der Waals surface area contributed by atoms with Crippen LogP contribution >= 0.6 is 15.9 Å². The average Bonchev–Trinajstić information content (AvgIpc) is 3.27. The van der Waals surface area contributed by atoms with Crippen LogP contribution < -0.4 is 9.47 Å². The standard InChI is InChI=1S/C25H18BrNO3/c1-27-14-16(22-17(9-6-10-19(22)27)15-7-4-3-5-8-15)13-21-24(28)23-20(29-2)12-11-18(26)25(23)30-21/h3-14H,1-2H3. The molecule has 0 atom stereocenters. The van der Waals surface area contributed by atoms with Crippen molar-refractivity contribution < 1.29 is 14.3 Å². The molecule has 1 aliphatic heterocycles. The van der Waals surface area contributed by atoms with Crippen LogP contribution in [0.2, 0.25) is 0 Å². The number of allylic oxidation sites excluding steroid dienone is 1. The van der Waals surface area contributed by atoms with Gasteiger partial charge in [0.1, 0.15) is 11.3 Å². The fraction of sp³-hybridized carbons (Fsp3) is 0.0800. The second-order valence-corrected chi connectivity index (χ2v) is 8.01. The van der Waals surface area contributed by atoms with Gasteiger partial charge in [-0.3, -0.25) is 4.79 Å². The molecule has 5 rings (SSSR count). The summed E-state index contributed by atoms with van der Waals surface area (Å²) in [5.74, 6) is 1.10. The Labute approximate surface area is 182 Å². The maximum absolute atomic E-state index is 13.1. The number of fused-ring (bicyclic) bond motifs is 2. The fourth-order valence-corrected chi connectivity index (χ4v) is 4.40. The lowest BCUT2D eigenvalue weighted by molar-refractivity contribution is 0.101. The number of rotatable bonds is 3. The number of ketones is 1. The summed E-state index contributed by atoms with van der Waals surface area (Å²) in [5, 5.41) is 1.08. The fourth-order valence-electron chi connectivity index (χ4n) is 3.99. The van der Waals surface area contributed by atoms with Gasteiger partial charge in [-0.1, -0.05) is 42.5 Å². The quantitative estimate of drug-likeness (QED) is 0.340. The van der Waals surface area contributed by atoms with Crippen LogP contribution in [0.1, 0.15) is 15.9 Å². The third kappa shape index (κ3) is 2.85. The number of methoxy groups -OCH3 is 1. The molecule has 148 valence electrons. The van der Waals surface area contributed by atoms with Crippen LogP contribution in [0.15, 0.2) is 77.1 Å². The van der Waals surface area contributed by atoms with Gasteiger partial charge in [0.05, 0.1) is 11.6 Å². The molecule has 0 bridgehead atoms. The van der Waals surface area contributed by atoms with E-state index in [1.807, 2.05) is 43.6 Å². The number of carbonyl (C=O) groups excluding carboxylic acids is 1. The van der Waals surface area contributed by atoms with Gasteiger partial charge in [-0.25, -0.2) is 0 Å². The highest BCUT2D eigenvalue weighted by molar-refractivity contribution is 9.10. The van der Waals surface area contributed by atoms with Crippen molar-refractivity contribution in [2.45, 2.75) is 0 Å². The van der Waals surface area contributed by atoms with Crippen molar-refractivity contribution in [1.29, 1.82) is 0 Å².